The molecule has 0 radical (unpaired) electrons. The highest BCUT2D eigenvalue weighted by atomic mass is 35.5. The first kappa shape index (κ1) is 16.3. The number of alkyl halides is 1. The Morgan fingerprint density at radius 3 is 2.64 bits per heavy atom. The fourth-order valence-electron chi connectivity index (χ4n) is 1.84. The average Bonchev–Trinajstić information content (AvgIpc) is 2.96. The predicted molar refractivity (Wildman–Crippen MR) is 86.8 cm³/mol. The summed E-state index contributed by atoms with van der Waals surface area (Å²) in [6.45, 7) is 0.0951. The Morgan fingerprint density at radius 2 is 2.00 bits per heavy atom. The van der Waals surface area contributed by atoms with Crippen LogP contribution in [0.2, 0.25) is 0 Å². The number of carbonyl (C=O) groups excluding carboxylic acids is 2. The third-order valence-corrected chi connectivity index (χ3v) is 3.84. The van der Waals surface area contributed by atoms with E-state index in [1.807, 2.05) is 30.3 Å². The summed E-state index contributed by atoms with van der Waals surface area (Å²) in [4.78, 5) is 23.7. The number of carbonyl (C=O) groups is 2. The molecule has 2 rings (SSSR count). The Labute approximate surface area is 136 Å². The number of halogens is 1. The molecule has 0 aliphatic heterocycles. The summed E-state index contributed by atoms with van der Waals surface area (Å²) in [5, 5.41) is 4.72. The van der Waals surface area contributed by atoms with Crippen molar-refractivity contribution in [3.05, 3.63) is 41.3 Å². The summed E-state index contributed by atoms with van der Waals surface area (Å²) in [6, 6.07) is 9.39. The number of nitrogens with one attached hydrogen (secondary N) is 1. The van der Waals surface area contributed by atoms with Crippen LogP contribution in [-0.2, 0) is 9.47 Å². The van der Waals surface area contributed by atoms with E-state index in [2.05, 4.69) is 5.32 Å². The van der Waals surface area contributed by atoms with Gasteiger partial charge < -0.3 is 9.47 Å². The molecule has 0 aliphatic rings. The molecular formula is C15H14ClNO4S. The molecule has 0 atom stereocenters. The number of hydrogen-bond acceptors (Lipinski definition) is 5. The van der Waals surface area contributed by atoms with Gasteiger partial charge in [0.2, 0.25) is 0 Å². The Morgan fingerprint density at radius 1 is 1.27 bits per heavy atom. The minimum atomic E-state index is -0.660. The molecule has 0 spiro atoms. The molecule has 1 aromatic heterocycles. The number of benzene rings is 1. The normalized spacial score (nSPS) is 10.1. The number of anilines is 1. The van der Waals surface area contributed by atoms with Crippen molar-refractivity contribution in [1.82, 2.24) is 0 Å². The quantitative estimate of drug-likeness (QED) is 0.660. The number of amides is 1. The maximum Gasteiger partial charge on any atom is 0.412 e. The van der Waals surface area contributed by atoms with Gasteiger partial charge in [-0.3, -0.25) is 5.32 Å². The van der Waals surface area contributed by atoms with Gasteiger partial charge in [0.25, 0.3) is 0 Å². The SMILES string of the molecule is COC(=O)c1c(-c2ccccc2)csc1NC(=O)OCCCl. The molecule has 5 nitrogen and oxygen atoms in total. The maximum atomic E-state index is 12.1. The molecule has 116 valence electrons. The summed E-state index contributed by atoms with van der Waals surface area (Å²) in [5.41, 5.74) is 1.87. The van der Waals surface area contributed by atoms with Gasteiger partial charge in [-0.15, -0.1) is 22.9 Å². The zero-order valence-electron chi connectivity index (χ0n) is 11.8. The number of ether oxygens (including phenoxy) is 2. The third-order valence-electron chi connectivity index (χ3n) is 2.79. The topological polar surface area (TPSA) is 64.6 Å². The van der Waals surface area contributed by atoms with Crippen LogP contribution in [0.5, 0.6) is 0 Å². The second-order valence-electron chi connectivity index (χ2n) is 4.16. The number of thiophene rings is 1. The van der Waals surface area contributed by atoms with Gasteiger partial charge in [-0.1, -0.05) is 30.3 Å². The van der Waals surface area contributed by atoms with E-state index in [-0.39, 0.29) is 12.5 Å². The van der Waals surface area contributed by atoms with Crippen LogP contribution >= 0.6 is 22.9 Å². The molecule has 1 heterocycles. The van der Waals surface area contributed by atoms with Gasteiger partial charge in [-0.2, -0.15) is 0 Å². The molecule has 0 saturated carbocycles. The first-order chi connectivity index (χ1) is 10.7. The van der Waals surface area contributed by atoms with Gasteiger partial charge in [0.05, 0.1) is 13.0 Å². The number of rotatable bonds is 5. The van der Waals surface area contributed by atoms with Crippen molar-refractivity contribution < 1.29 is 19.1 Å². The molecule has 1 N–H and O–H groups in total. The van der Waals surface area contributed by atoms with Crippen molar-refractivity contribution in [3.8, 4) is 11.1 Å². The van der Waals surface area contributed by atoms with Crippen LogP contribution in [0.4, 0.5) is 9.80 Å². The van der Waals surface area contributed by atoms with Crippen molar-refractivity contribution in [2.45, 2.75) is 0 Å². The van der Waals surface area contributed by atoms with Crippen molar-refractivity contribution in [2.75, 3.05) is 24.9 Å². The lowest BCUT2D eigenvalue weighted by molar-refractivity contribution is 0.0603. The second-order valence-corrected chi connectivity index (χ2v) is 5.42. The molecule has 0 saturated heterocycles. The van der Waals surface area contributed by atoms with Crippen LogP contribution in [0.1, 0.15) is 10.4 Å². The zero-order valence-corrected chi connectivity index (χ0v) is 13.4. The van der Waals surface area contributed by atoms with E-state index in [1.54, 1.807) is 5.38 Å². The Balaban J connectivity index is 2.33. The fourth-order valence-corrected chi connectivity index (χ4v) is 2.87. The molecule has 0 bridgehead atoms. The number of esters is 1. The van der Waals surface area contributed by atoms with Crippen LogP contribution in [0.25, 0.3) is 11.1 Å². The van der Waals surface area contributed by atoms with Gasteiger partial charge in [-0.25, -0.2) is 9.59 Å². The second kappa shape index (κ2) is 7.82. The van der Waals surface area contributed by atoms with Crippen molar-refractivity contribution >= 4 is 40.0 Å². The molecule has 0 unspecified atom stereocenters. The van der Waals surface area contributed by atoms with Crippen LogP contribution in [-0.4, -0.2) is 31.7 Å². The summed E-state index contributed by atoms with van der Waals surface area (Å²) in [7, 11) is 1.30. The van der Waals surface area contributed by atoms with Gasteiger partial charge in [0, 0.05) is 10.9 Å². The first-order valence-corrected chi connectivity index (χ1v) is 7.83. The maximum absolute atomic E-state index is 12.1. The summed E-state index contributed by atoms with van der Waals surface area (Å²) < 4.78 is 9.67. The van der Waals surface area contributed by atoms with E-state index in [9.17, 15) is 9.59 Å². The van der Waals surface area contributed by atoms with Gasteiger partial charge >= 0.3 is 12.1 Å². The summed E-state index contributed by atoms with van der Waals surface area (Å²) >= 11 is 6.69. The minimum Gasteiger partial charge on any atom is -0.465 e. The van der Waals surface area contributed by atoms with E-state index in [1.165, 1.54) is 18.4 Å². The average molecular weight is 340 g/mol. The van der Waals surface area contributed by atoms with Gasteiger partial charge in [0.1, 0.15) is 17.2 Å². The van der Waals surface area contributed by atoms with Gasteiger partial charge in [0.15, 0.2) is 0 Å². The monoisotopic (exact) mass is 339 g/mol. The van der Waals surface area contributed by atoms with Gasteiger partial charge in [-0.05, 0) is 5.56 Å². The lowest BCUT2D eigenvalue weighted by atomic mass is 10.0. The van der Waals surface area contributed by atoms with E-state index < -0.39 is 12.1 Å². The van der Waals surface area contributed by atoms with E-state index in [0.29, 0.717) is 16.1 Å². The summed E-state index contributed by atoms with van der Waals surface area (Å²) in [5.74, 6) is -0.315. The van der Waals surface area contributed by atoms with Crippen LogP contribution < -0.4 is 5.32 Å². The number of methoxy groups -OCH3 is 1. The first-order valence-electron chi connectivity index (χ1n) is 6.42. The van der Waals surface area contributed by atoms with Crippen molar-refractivity contribution in [3.63, 3.8) is 0 Å². The lowest BCUT2D eigenvalue weighted by Gasteiger charge is -2.07. The smallest absolute Gasteiger partial charge is 0.412 e. The fraction of sp³-hybridized carbons (Fsp3) is 0.200. The highest BCUT2D eigenvalue weighted by Gasteiger charge is 2.22. The molecule has 22 heavy (non-hydrogen) atoms. The molecule has 1 aromatic carbocycles. The van der Waals surface area contributed by atoms with Crippen LogP contribution in [0.15, 0.2) is 35.7 Å². The highest BCUT2D eigenvalue weighted by Crippen LogP contribution is 2.36. The lowest BCUT2D eigenvalue weighted by Crippen LogP contribution is -2.16. The zero-order chi connectivity index (χ0) is 15.9. The third kappa shape index (κ3) is 3.78. The molecular weight excluding hydrogens is 326 g/mol. The number of hydrogen-bond donors (Lipinski definition) is 1. The molecule has 0 fully saturated rings. The van der Waals surface area contributed by atoms with E-state index in [4.69, 9.17) is 21.1 Å². The highest BCUT2D eigenvalue weighted by molar-refractivity contribution is 7.15. The molecule has 1 amide bonds. The Bertz CT molecular complexity index is 657. The van der Waals surface area contributed by atoms with Crippen molar-refractivity contribution in [2.24, 2.45) is 0 Å². The Hall–Kier alpha value is -2.05. The van der Waals surface area contributed by atoms with Crippen LogP contribution in [0.3, 0.4) is 0 Å². The predicted octanol–water partition coefficient (Wildman–Crippen LogP) is 3.99. The van der Waals surface area contributed by atoms with E-state index >= 15 is 0 Å². The Kier molecular flexibility index (Phi) is 5.80. The molecule has 0 aliphatic carbocycles. The van der Waals surface area contributed by atoms with Crippen LogP contribution in [0, 0.1) is 0 Å². The molecule has 2 aromatic rings. The summed E-state index contributed by atoms with van der Waals surface area (Å²) in [6.07, 6.45) is -0.660. The standard InChI is InChI=1S/C15H14ClNO4S/c1-20-14(18)12-11(10-5-3-2-4-6-10)9-22-13(12)17-15(19)21-8-7-16/h2-6,9H,7-8H2,1H3,(H,17,19). The van der Waals surface area contributed by atoms with Crippen molar-refractivity contribution in [1.29, 1.82) is 0 Å². The van der Waals surface area contributed by atoms with E-state index in [0.717, 1.165) is 5.56 Å². The molecule has 7 heteroatoms. The largest absolute Gasteiger partial charge is 0.465 e. The minimum absolute atomic E-state index is 0.0951.